The fourth-order valence-corrected chi connectivity index (χ4v) is 2.41. The van der Waals surface area contributed by atoms with Gasteiger partial charge in [0.15, 0.2) is 0 Å². The van der Waals surface area contributed by atoms with Crippen molar-refractivity contribution in [2.45, 2.75) is 0 Å². The molecule has 0 saturated carbocycles. The molecule has 1 aromatic carbocycles. The highest BCUT2D eigenvalue weighted by atomic mass is 35.5. The van der Waals surface area contributed by atoms with Gasteiger partial charge in [-0.25, -0.2) is 4.98 Å². The first-order valence-corrected chi connectivity index (χ1v) is 6.88. The molecule has 0 amide bonds. The predicted octanol–water partition coefficient (Wildman–Crippen LogP) is 3.23. The van der Waals surface area contributed by atoms with Gasteiger partial charge in [0.25, 0.3) is 0 Å². The zero-order chi connectivity index (χ0) is 13.1. The molecule has 0 spiro atoms. The van der Waals surface area contributed by atoms with E-state index in [-0.39, 0.29) is 12.4 Å². The number of aromatic nitrogens is 1. The van der Waals surface area contributed by atoms with Gasteiger partial charge in [-0.2, -0.15) is 0 Å². The van der Waals surface area contributed by atoms with Crippen LogP contribution < -0.4 is 10.2 Å². The van der Waals surface area contributed by atoms with Crippen molar-refractivity contribution in [3.05, 3.63) is 47.6 Å². The van der Waals surface area contributed by atoms with Gasteiger partial charge in [0, 0.05) is 43.0 Å². The standard InChI is InChI=1S/C15H16ClN3.ClH/c16-14-4-1-12(2-5-14)13-3-6-15(18-11-13)19-9-7-17-8-10-19;/h1-6,11,17H,7-10H2;1H. The third-order valence-corrected chi connectivity index (χ3v) is 3.62. The molecule has 1 saturated heterocycles. The van der Waals surface area contributed by atoms with Crippen LogP contribution in [0.4, 0.5) is 5.82 Å². The Labute approximate surface area is 130 Å². The summed E-state index contributed by atoms with van der Waals surface area (Å²) in [6, 6.07) is 12.1. The molecule has 0 radical (unpaired) electrons. The van der Waals surface area contributed by atoms with Crippen molar-refractivity contribution < 1.29 is 0 Å². The van der Waals surface area contributed by atoms with E-state index in [4.69, 9.17) is 11.6 Å². The van der Waals surface area contributed by atoms with Crippen molar-refractivity contribution >= 4 is 29.8 Å². The Morgan fingerprint density at radius 3 is 2.20 bits per heavy atom. The lowest BCUT2D eigenvalue weighted by Gasteiger charge is -2.28. The van der Waals surface area contributed by atoms with Gasteiger partial charge in [0.2, 0.25) is 0 Å². The lowest BCUT2D eigenvalue weighted by atomic mass is 10.1. The number of rotatable bonds is 2. The number of pyridine rings is 1. The van der Waals surface area contributed by atoms with Crippen LogP contribution in [0.5, 0.6) is 0 Å². The van der Waals surface area contributed by atoms with Crippen molar-refractivity contribution in [1.29, 1.82) is 0 Å². The maximum absolute atomic E-state index is 5.90. The van der Waals surface area contributed by atoms with Crippen LogP contribution in [-0.4, -0.2) is 31.2 Å². The second-order valence-electron chi connectivity index (χ2n) is 4.65. The number of hydrogen-bond acceptors (Lipinski definition) is 3. The van der Waals surface area contributed by atoms with Crippen LogP contribution >= 0.6 is 24.0 Å². The highest BCUT2D eigenvalue weighted by molar-refractivity contribution is 6.30. The molecule has 1 aliphatic rings. The predicted molar refractivity (Wildman–Crippen MR) is 87.0 cm³/mol. The Hall–Kier alpha value is -1.29. The van der Waals surface area contributed by atoms with Gasteiger partial charge in [-0.3, -0.25) is 0 Å². The molecule has 2 heterocycles. The zero-order valence-corrected chi connectivity index (χ0v) is 12.6. The van der Waals surface area contributed by atoms with Crippen molar-refractivity contribution in [3.8, 4) is 11.1 Å². The van der Waals surface area contributed by atoms with E-state index in [2.05, 4.69) is 27.3 Å². The van der Waals surface area contributed by atoms with E-state index in [1.807, 2.05) is 30.5 Å². The first-order valence-electron chi connectivity index (χ1n) is 6.50. The van der Waals surface area contributed by atoms with E-state index in [1.165, 1.54) is 0 Å². The Morgan fingerprint density at radius 2 is 1.60 bits per heavy atom. The number of piperazine rings is 1. The quantitative estimate of drug-likeness (QED) is 0.923. The van der Waals surface area contributed by atoms with Crippen LogP contribution in [-0.2, 0) is 0 Å². The number of anilines is 1. The van der Waals surface area contributed by atoms with Crippen LogP contribution in [0.3, 0.4) is 0 Å². The normalized spacial score (nSPS) is 14.8. The van der Waals surface area contributed by atoms with E-state index < -0.39 is 0 Å². The molecule has 0 unspecified atom stereocenters. The van der Waals surface area contributed by atoms with Crippen molar-refractivity contribution in [2.75, 3.05) is 31.1 Å². The van der Waals surface area contributed by atoms with Crippen molar-refractivity contribution in [1.82, 2.24) is 10.3 Å². The molecular formula is C15H17Cl2N3. The van der Waals surface area contributed by atoms with E-state index >= 15 is 0 Å². The first kappa shape index (κ1) is 15.1. The highest BCUT2D eigenvalue weighted by Gasteiger charge is 2.11. The molecule has 3 rings (SSSR count). The van der Waals surface area contributed by atoms with Crippen LogP contribution in [0.25, 0.3) is 11.1 Å². The van der Waals surface area contributed by atoms with Gasteiger partial charge in [-0.05, 0) is 29.8 Å². The van der Waals surface area contributed by atoms with Crippen LogP contribution in [0.15, 0.2) is 42.6 Å². The minimum Gasteiger partial charge on any atom is -0.354 e. The number of nitrogens with one attached hydrogen (secondary N) is 1. The molecule has 1 aliphatic heterocycles. The van der Waals surface area contributed by atoms with Crippen molar-refractivity contribution in [3.63, 3.8) is 0 Å². The second-order valence-corrected chi connectivity index (χ2v) is 5.09. The molecule has 0 atom stereocenters. The summed E-state index contributed by atoms with van der Waals surface area (Å²) in [5, 5.41) is 4.10. The van der Waals surface area contributed by atoms with Gasteiger partial charge < -0.3 is 10.2 Å². The topological polar surface area (TPSA) is 28.2 Å². The van der Waals surface area contributed by atoms with Gasteiger partial charge in [-0.1, -0.05) is 23.7 Å². The molecule has 5 heteroatoms. The van der Waals surface area contributed by atoms with E-state index in [0.29, 0.717) is 0 Å². The van der Waals surface area contributed by atoms with Crippen LogP contribution in [0, 0.1) is 0 Å². The van der Waals surface area contributed by atoms with Gasteiger partial charge in [0.05, 0.1) is 0 Å². The minimum absolute atomic E-state index is 0. The van der Waals surface area contributed by atoms with Gasteiger partial charge in [-0.15, -0.1) is 12.4 Å². The minimum atomic E-state index is 0. The molecule has 1 fully saturated rings. The Morgan fingerprint density at radius 1 is 0.950 bits per heavy atom. The summed E-state index contributed by atoms with van der Waals surface area (Å²) in [5.74, 6) is 1.05. The fourth-order valence-electron chi connectivity index (χ4n) is 2.28. The summed E-state index contributed by atoms with van der Waals surface area (Å²) in [6.07, 6.45) is 1.93. The summed E-state index contributed by atoms with van der Waals surface area (Å²) >= 11 is 5.90. The second kappa shape index (κ2) is 6.93. The molecule has 1 aromatic heterocycles. The molecule has 0 bridgehead atoms. The molecule has 2 aromatic rings. The van der Waals surface area contributed by atoms with E-state index in [9.17, 15) is 0 Å². The largest absolute Gasteiger partial charge is 0.354 e. The van der Waals surface area contributed by atoms with E-state index in [1.54, 1.807) is 0 Å². The smallest absolute Gasteiger partial charge is 0.128 e. The van der Waals surface area contributed by atoms with E-state index in [0.717, 1.165) is 48.1 Å². The fraction of sp³-hybridized carbons (Fsp3) is 0.267. The number of nitrogens with zero attached hydrogens (tertiary/aromatic N) is 2. The number of benzene rings is 1. The van der Waals surface area contributed by atoms with Gasteiger partial charge >= 0.3 is 0 Å². The number of hydrogen-bond donors (Lipinski definition) is 1. The molecule has 1 N–H and O–H groups in total. The molecule has 3 nitrogen and oxygen atoms in total. The average molecular weight is 310 g/mol. The molecule has 20 heavy (non-hydrogen) atoms. The number of halogens is 2. The average Bonchev–Trinajstić information content (AvgIpc) is 2.49. The zero-order valence-electron chi connectivity index (χ0n) is 11.1. The Balaban J connectivity index is 0.00000147. The summed E-state index contributed by atoms with van der Waals surface area (Å²) in [5.41, 5.74) is 2.26. The van der Waals surface area contributed by atoms with Crippen molar-refractivity contribution in [2.24, 2.45) is 0 Å². The maximum atomic E-state index is 5.90. The van der Waals surface area contributed by atoms with Crippen LogP contribution in [0.1, 0.15) is 0 Å². The third-order valence-electron chi connectivity index (χ3n) is 3.37. The SMILES string of the molecule is Cl.Clc1ccc(-c2ccc(N3CCNCC3)nc2)cc1. The molecule has 0 aliphatic carbocycles. The first-order chi connectivity index (χ1) is 9.33. The summed E-state index contributed by atoms with van der Waals surface area (Å²) in [4.78, 5) is 6.87. The molecular weight excluding hydrogens is 293 g/mol. The van der Waals surface area contributed by atoms with Crippen LogP contribution in [0.2, 0.25) is 5.02 Å². The lowest BCUT2D eigenvalue weighted by Crippen LogP contribution is -2.43. The third kappa shape index (κ3) is 3.42. The highest BCUT2D eigenvalue weighted by Crippen LogP contribution is 2.22. The Kier molecular flexibility index (Phi) is 5.24. The molecule has 106 valence electrons. The maximum Gasteiger partial charge on any atom is 0.128 e. The summed E-state index contributed by atoms with van der Waals surface area (Å²) in [6.45, 7) is 4.10. The van der Waals surface area contributed by atoms with Gasteiger partial charge in [0.1, 0.15) is 5.82 Å². The lowest BCUT2D eigenvalue weighted by molar-refractivity contribution is 0.585. The summed E-state index contributed by atoms with van der Waals surface area (Å²) < 4.78 is 0. The summed E-state index contributed by atoms with van der Waals surface area (Å²) in [7, 11) is 0. The Bertz CT molecular complexity index is 534. The monoisotopic (exact) mass is 309 g/mol.